The average molecular weight is 393 g/mol. The summed E-state index contributed by atoms with van der Waals surface area (Å²) in [5.41, 5.74) is 0.0445. The van der Waals surface area contributed by atoms with E-state index in [1.165, 1.54) is 0 Å². The van der Waals surface area contributed by atoms with Gasteiger partial charge in [-0.25, -0.2) is 0 Å². The second-order valence-electron chi connectivity index (χ2n) is 6.86. The molecule has 0 saturated heterocycles. The molecule has 0 atom stereocenters. The van der Waals surface area contributed by atoms with Gasteiger partial charge in [-0.05, 0) is 54.4 Å². The maximum absolute atomic E-state index is 11.5. The average Bonchev–Trinajstić information content (AvgIpc) is 2.34. The Morgan fingerprint density at radius 1 is 1.14 bits per heavy atom. The molecule has 0 bridgehead atoms. The third-order valence-corrected chi connectivity index (χ3v) is 3.33. The van der Waals surface area contributed by atoms with Crippen molar-refractivity contribution < 1.29 is 14.3 Å². The van der Waals surface area contributed by atoms with E-state index in [1.54, 1.807) is 33.2 Å². The molecular formula is C16H23BrClNO3. The van der Waals surface area contributed by atoms with Crippen LogP contribution in [0.2, 0.25) is 0 Å². The molecule has 0 aliphatic carbocycles. The van der Waals surface area contributed by atoms with Crippen LogP contribution in [0.3, 0.4) is 0 Å². The van der Waals surface area contributed by atoms with E-state index in [-0.39, 0.29) is 23.2 Å². The third-order valence-electron chi connectivity index (χ3n) is 2.33. The SMILES string of the molecule is CC(C)(C)C(=O)Cl.CC(C)(C)C(=O)OCc1cncc(Br)c1. The molecule has 124 valence electrons. The number of hydrogen-bond donors (Lipinski definition) is 0. The monoisotopic (exact) mass is 391 g/mol. The fourth-order valence-electron chi connectivity index (χ4n) is 0.900. The summed E-state index contributed by atoms with van der Waals surface area (Å²) < 4.78 is 6.03. The molecule has 0 aliphatic rings. The number of carbonyl (C=O) groups excluding carboxylic acids is 2. The van der Waals surface area contributed by atoms with Crippen LogP contribution in [0.1, 0.15) is 47.1 Å². The highest BCUT2D eigenvalue weighted by atomic mass is 79.9. The van der Waals surface area contributed by atoms with Crippen LogP contribution in [-0.4, -0.2) is 16.2 Å². The Bertz CT molecular complexity index is 519. The molecule has 0 amide bonds. The van der Waals surface area contributed by atoms with Crippen LogP contribution >= 0.6 is 27.5 Å². The van der Waals surface area contributed by atoms with Crippen molar-refractivity contribution in [3.63, 3.8) is 0 Å². The molecule has 6 heteroatoms. The van der Waals surface area contributed by atoms with E-state index in [0.29, 0.717) is 0 Å². The minimum absolute atomic E-state index is 0.206. The summed E-state index contributed by atoms with van der Waals surface area (Å²) in [5.74, 6) is -0.206. The van der Waals surface area contributed by atoms with Crippen molar-refractivity contribution in [3.8, 4) is 0 Å². The Morgan fingerprint density at radius 3 is 2.00 bits per heavy atom. The second kappa shape index (κ2) is 8.63. The molecule has 0 radical (unpaired) electrons. The summed E-state index contributed by atoms with van der Waals surface area (Å²) in [6, 6.07) is 1.88. The van der Waals surface area contributed by atoms with Crippen molar-refractivity contribution in [2.24, 2.45) is 10.8 Å². The maximum Gasteiger partial charge on any atom is 0.311 e. The molecular weight excluding hydrogens is 370 g/mol. The molecule has 1 aromatic rings. The highest BCUT2D eigenvalue weighted by molar-refractivity contribution is 9.10. The molecule has 0 N–H and O–H groups in total. The predicted molar refractivity (Wildman–Crippen MR) is 91.5 cm³/mol. The van der Waals surface area contributed by atoms with Gasteiger partial charge in [-0.15, -0.1) is 0 Å². The largest absolute Gasteiger partial charge is 0.460 e. The van der Waals surface area contributed by atoms with Crippen molar-refractivity contribution in [2.45, 2.75) is 48.1 Å². The molecule has 0 fully saturated rings. The van der Waals surface area contributed by atoms with Gasteiger partial charge in [-0.2, -0.15) is 0 Å². The lowest BCUT2D eigenvalue weighted by Gasteiger charge is -2.16. The lowest BCUT2D eigenvalue weighted by molar-refractivity contribution is -0.154. The van der Waals surface area contributed by atoms with Crippen LogP contribution in [0.25, 0.3) is 0 Å². The van der Waals surface area contributed by atoms with Crippen molar-refractivity contribution in [1.29, 1.82) is 0 Å². The first-order valence-corrected chi connectivity index (χ1v) is 7.97. The Balaban J connectivity index is 0.000000534. The quantitative estimate of drug-likeness (QED) is 0.539. The number of ether oxygens (including phenoxy) is 1. The van der Waals surface area contributed by atoms with E-state index in [1.807, 2.05) is 26.8 Å². The molecule has 22 heavy (non-hydrogen) atoms. The van der Waals surface area contributed by atoms with Gasteiger partial charge in [0.15, 0.2) is 0 Å². The zero-order valence-electron chi connectivity index (χ0n) is 13.9. The van der Waals surface area contributed by atoms with Gasteiger partial charge in [-0.1, -0.05) is 20.8 Å². The van der Waals surface area contributed by atoms with E-state index in [4.69, 9.17) is 16.3 Å². The Labute approximate surface area is 145 Å². The first-order chi connectivity index (χ1) is 9.84. The normalized spacial score (nSPS) is 11.3. The second-order valence-corrected chi connectivity index (χ2v) is 8.12. The zero-order valence-corrected chi connectivity index (χ0v) is 16.2. The summed E-state index contributed by atoms with van der Waals surface area (Å²) in [5, 5.41) is -0.285. The van der Waals surface area contributed by atoms with Gasteiger partial charge in [-0.3, -0.25) is 14.6 Å². The first-order valence-electron chi connectivity index (χ1n) is 6.80. The van der Waals surface area contributed by atoms with Crippen molar-refractivity contribution >= 4 is 38.7 Å². The Morgan fingerprint density at radius 2 is 1.64 bits per heavy atom. The van der Waals surface area contributed by atoms with E-state index >= 15 is 0 Å². The van der Waals surface area contributed by atoms with Crippen LogP contribution in [0, 0.1) is 10.8 Å². The van der Waals surface area contributed by atoms with Crippen molar-refractivity contribution in [2.75, 3.05) is 0 Å². The molecule has 1 rings (SSSR count). The van der Waals surface area contributed by atoms with Crippen molar-refractivity contribution in [1.82, 2.24) is 4.98 Å². The molecule has 0 aliphatic heterocycles. The van der Waals surface area contributed by atoms with Gasteiger partial charge in [0.2, 0.25) is 5.24 Å². The van der Waals surface area contributed by atoms with Gasteiger partial charge in [0.05, 0.1) is 5.41 Å². The molecule has 1 heterocycles. The zero-order chi connectivity index (χ0) is 17.6. The van der Waals surface area contributed by atoms with Gasteiger partial charge >= 0.3 is 5.97 Å². The number of nitrogens with zero attached hydrogens (tertiary/aromatic N) is 1. The number of carbonyl (C=O) groups is 2. The molecule has 0 unspecified atom stereocenters. The Hall–Kier alpha value is -0.940. The predicted octanol–water partition coefficient (Wildman–Crippen LogP) is 4.73. The number of aromatic nitrogens is 1. The molecule has 4 nitrogen and oxygen atoms in total. The maximum atomic E-state index is 11.5. The number of esters is 1. The number of hydrogen-bond acceptors (Lipinski definition) is 4. The highest BCUT2D eigenvalue weighted by Gasteiger charge is 2.22. The lowest BCUT2D eigenvalue weighted by atomic mass is 9.97. The summed E-state index contributed by atoms with van der Waals surface area (Å²) in [7, 11) is 0. The fourth-order valence-corrected chi connectivity index (χ4v) is 1.31. The topological polar surface area (TPSA) is 56.3 Å². The van der Waals surface area contributed by atoms with Gasteiger partial charge in [0, 0.05) is 27.8 Å². The van der Waals surface area contributed by atoms with E-state index in [2.05, 4.69) is 20.9 Å². The van der Waals surface area contributed by atoms with Crippen LogP contribution in [-0.2, 0) is 20.9 Å². The van der Waals surface area contributed by atoms with Gasteiger partial charge in [0.25, 0.3) is 0 Å². The van der Waals surface area contributed by atoms with Crippen LogP contribution in [0.5, 0.6) is 0 Å². The fraction of sp³-hybridized carbons (Fsp3) is 0.562. The van der Waals surface area contributed by atoms with E-state index in [9.17, 15) is 9.59 Å². The standard InChI is InChI=1S/C11H14BrNO2.C5H9ClO/c1-11(2,3)10(14)15-7-8-4-9(12)6-13-5-8;1-5(2,3)4(6)7/h4-6H,7H2,1-3H3;1-3H3. The lowest BCUT2D eigenvalue weighted by Crippen LogP contribution is -2.22. The minimum Gasteiger partial charge on any atom is -0.460 e. The summed E-state index contributed by atoms with van der Waals surface area (Å²) in [4.78, 5) is 25.7. The van der Waals surface area contributed by atoms with Gasteiger partial charge < -0.3 is 4.74 Å². The summed E-state index contributed by atoms with van der Waals surface area (Å²) in [6.07, 6.45) is 3.37. The Kier molecular flexibility index (Phi) is 8.26. The number of rotatable bonds is 2. The van der Waals surface area contributed by atoms with Crippen LogP contribution < -0.4 is 0 Å². The van der Waals surface area contributed by atoms with Crippen LogP contribution in [0.4, 0.5) is 0 Å². The molecule has 0 spiro atoms. The molecule has 0 saturated carbocycles. The molecule has 0 aromatic carbocycles. The highest BCUT2D eigenvalue weighted by Crippen LogP contribution is 2.17. The van der Waals surface area contributed by atoms with E-state index in [0.717, 1.165) is 10.0 Å². The number of pyridine rings is 1. The van der Waals surface area contributed by atoms with Crippen LogP contribution in [0.15, 0.2) is 22.9 Å². The summed E-state index contributed by atoms with van der Waals surface area (Å²) in [6.45, 7) is 11.1. The number of halogens is 2. The smallest absolute Gasteiger partial charge is 0.311 e. The third kappa shape index (κ3) is 9.15. The molecule has 1 aromatic heterocycles. The van der Waals surface area contributed by atoms with Gasteiger partial charge in [0.1, 0.15) is 6.61 Å². The first kappa shape index (κ1) is 21.1. The minimum atomic E-state index is -0.459. The van der Waals surface area contributed by atoms with Crippen molar-refractivity contribution in [3.05, 3.63) is 28.5 Å². The summed E-state index contributed by atoms with van der Waals surface area (Å²) >= 11 is 8.42. The van der Waals surface area contributed by atoms with E-state index < -0.39 is 5.41 Å².